The van der Waals surface area contributed by atoms with Gasteiger partial charge in [0.15, 0.2) is 0 Å². The summed E-state index contributed by atoms with van der Waals surface area (Å²) < 4.78 is 5.87. The van der Waals surface area contributed by atoms with Gasteiger partial charge in [-0.3, -0.25) is 0 Å². The normalized spacial score (nSPS) is 19.9. The van der Waals surface area contributed by atoms with E-state index >= 15 is 0 Å². The van der Waals surface area contributed by atoms with E-state index in [2.05, 4.69) is 6.92 Å². The van der Waals surface area contributed by atoms with E-state index in [1.807, 2.05) is 24.3 Å². The van der Waals surface area contributed by atoms with Crippen LogP contribution in [0.25, 0.3) is 0 Å². The van der Waals surface area contributed by atoms with Crippen molar-refractivity contribution in [1.82, 2.24) is 0 Å². The topological polar surface area (TPSA) is 55.5 Å². The number of nitrogens with two attached hydrogens (primary N) is 1. The first-order valence-corrected chi connectivity index (χ1v) is 7.34. The Hall–Kier alpha value is -1.06. The summed E-state index contributed by atoms with van der Waals surface area (Å²) >= 11 is 0. The predicted molar refractivity (Wildman–Crippen MR) is 77.2 cm³/mol. The first-order chi connectivity index (χ1) is 9.14. The highest BCUT2D eigenvalue weighted by atomic mass is 16.5. The van der Waals surface area contributed by atoms with Crippen LogP contribution >= 0.6 is 0 Å². The molecule has 1 fully saturated rings. The number of para-hydroxylation sites is 1. The van der Waals surface area contributed by atoms with Gasteiger partial charge in [0.05, 0.1) is 5.60 Å². The van der Waals surface area contributed by atoms with E-state index in [9.17, 15) is 5.11 Å². The second kappa shape index (κ2) is 6.40. The van der Waals surface area contributed by atoms with Crippen LogP contribution in [0.1, 0.15) is 57.1 Å². The second-order valence-electron chi connectivity index (χ2n) is 5.63. The highest BCUT2D eigenvalue weighted by molar-refractivity contribution is 5.35. The molecular weight excluding hydrogens is 238 g/mol. The van der Waals surface area contributed by atoms with Crippen molar-refractivity contribution in [2.75, 3.05) is 6.61 Å². The average molecular weight is 263 g/mol. The van der Waals surface area contributed by atoms with Crippen LogP contribution in [0.3, 0.4) is 0 Å². The van der Waals surface area contributed by atoms with Gasteiger partial charge in [-0.15, -0.1) is 0 Å². The molecule has 1 aromatic carbocycles. The number of rotatable bonds is 5. The molecule has 0 radical (unpaired) electrons. The Kier molecular flexibility index (Phi) is 4.83. The molecule has 3 nitrogen and oxygen atoms in total. The van der Waals surface area contributed by atoms with E-state index in [0.717, 1.165) is 43.4 Å². The van der Waals surface area contributed by atoms with Crippen molar-refractivity contribution in [3.63, 3.8) is 0 Å². The number of hydrogen-bond donors (Lipinski definition) is 2. The van der Waals surface area contributed by atoms with Crippen molar-refractivity contribution in [1.29, 1.82) is 0 Å². The zero-order valence-corrected chi connectivity index (χ0v) is 11.8. The maximum Gasteiger partial charge on any atom is 0.124 e. The number of ether oxygens (including phenoxy) is 1. The molecule has 1 aliphatic rings. The highest BCUT2D eigenvalue weighted by Crippen LogP contribution is 2.31. The van der Waals surface area contributed by atoms with Crippen LogP contribution in [0.4, 0.5) is 0 Å². The molecule has 3 N–H and O–H groups in total. The van der Waals surface area contributed by atoms with Crippen LogP contribution in [-0.4, -0.2) is 17.3 Å². The molecule has 0 bridgehead atoms. The smallest absolute Gasteiger partial charge is 0.124 e. The van der Waals surface area contributed by atoms with Gasteiger partial charge in [0.1, 0.15) is 12.4 Å². The first-order valence-electron chi connectivity index (χ1n) is 7.34. The van der Waals surface area contributed by atoms with Gasteiger partial charge in [-0.05, 0) is 25.3 Å². The monoisotopic (exact) mass is 263 g/mol. The van der Waals surface area contributed by atoms with E-state index in [4.69, 9.17) is 10.5 Å². The second-order valence-corrected chi connectivity index (χ2v) is 5.63. The standard InChI is InChI=1S/C16H25NO2/c1-2-14(17)13-8-4-5-9-15(13)19-12-16(18)10-6-3-7-11-16/h4-5,8-9,14,18H,2-3,6-7,10-12,17H2,1H3. The fourth-order valence-electron chi connectivity index (χ4n) is 2.70. The third-order valence-electron chi connectivity index (χ3n) is 4.04. The molecule has 1 aliphatic carbocycles. The number of benzene rings is 1. The van der Waals surface area contributed by atoms with Crippen LogP contribution in [0.5, 0.6) is 5.75 Å². The molecule has 0 spiro atoms. The molecular formula is C16H25NO2. The molecule has 106 valence electrons. The van der Waals surface area contributed by atoms with Crippen LogP contribution in [0.15, 0.2) is 24.3 Å². The van der Waals surface area contributed by atoms with E-state index < -0.39 is 5.60 Å². The molecule has 0 aromatic heterocycles. The van der Waals surface area contributed by atoms with Gasteiger partial charge in [-0.1, -0.05) is 44.4 Å². The fraction of sp³-hybridized carbons (Fsp3) is 0.625. The van der Waals surface area contributed by atoms with Crippen molar-refractivity contribution >= 4 is 0 Å². The Balaban J connectivity index is 2.02. The Morgan fingerprint density at radius 1 is 1.26 bits per heavy atom. The van der Waals surface area contributed by atoms with Crippen molar-refractivity contribution in [3.05, 3.63) is 29.8 Å². The molecule has 0 amide bonds. The molecule has 1 saturated carbocycles. The number of hydrogen-bond acceptors (Lipinski definition) is 3. The maximum atomic E-state index is 10.5. The lowest BCUT2D eigenvalue weighted by atomic mass is 9.85. The summed E-state index contributed by atoms with van der Waals surface area (Å²) in [5.41, 5.74) is 6.48. The number of aliphatic hydroxyl groups is 1. The van der Waals surface area contributed by atoms with E-state index in [1.165, 1.54) is 6.42 Å². The lowest BCUT2D eigenvalue weighted by Crippen LogP contribution is -2.38. The van der Waals surface area contributed by atoms with Crippen molar-refractivity contribution < 1.29 is 9.84 Å². The predicted octanol–water partition coefficient (Wildman–Crippen LogP) is 3.17. The van der Waals surface area contributed by atoms with Gasteiger partial charge in [0.25, 0.3) is 0 Å². The molecule has 19 heavy (non-hydrogen) atoms. The van der Waals surface area contributed by atoms with E-state index in [-0.39, 0.29) is 6.04 Å². The van der Waals surface area contributed by atoms with Crippen LogP contribution in [0, 0.1) is 0 Å². The van der Waals surface area contributed by atoms with Crippen molar-refractivity contribution in [3.8, 4) is 5.75 Å². The maximum absolute atomic E-state index is 10.5. The van der Waals surface area contributed by atoms with E-state index in [1.54, 1.807) is 0 Å². The molecule has 1 aromatic rings. The summed E-state index contributed by atoms with van der Waals surface area (Å²) in [4.78, 5) is 0. The summed E-state index contributed by atoms with van der Waals surface area (Å²) in [6, 6.07) is 7.88. The van der Waals surface area contributed by atoms with Gasteiger partial charge in [0, 0.05) is 11.6 Å². The molecule has 0 aliphatic heterocycles. The molecule has 0 saturated heterocycles. The molecule has 0 heterocycles. The first kappa shape index (κ1) is 14.4. The highest BCUT2D eigenvalue weighted by Gasteiger charge is 2.30. The minimum absolute atomic E-state index is 0.00259. The lowest BCUT2D eigenvalue weighted by molar-refractivity contribution is -0.0341. The Labute approximate surface area is 115 Å². The van der Waals surface area contributed by atoms with Crippen molar-refractivity contribution in [2.24, 2.45) is 5.73 Å². The van der Waals surface area contributed by atoms with Gasteiger partial charge in [-0.25, -0.2) is 0 Å². The summed E-state index contributed by atoms with van der Waals surface area (Å²) in [5.74, 6) is 0.816. The summed E-state index contributed by atoms with van der Waals surface area (Å²) in [6.07, 6.45) is 5.97. The van der Waals surface area contributed by atoms with Crippen LogP contribution in [-0.2, 0) is 0 Å². The minimum Gasteiger partial charge on any atom is -0.490 e. The molecule has 2 rings (SSSR count). The Morgan fingerprint density at radius 2 is 1.95 bits per heavy atom. The van der Waals surface area contributed by atoms with Gasteiger partial charge in [-0.2, -0.15) is 0 Å². The largest absolute Gasteiger partial charge is 0.490 e. The average Bonchev–Trinajstić information content (AvgIpc) is 2.45. The van der Waals surface area contributed by atoms with E-state index in [0.29, 0.717) is 6.61 Å². The fourth-order valence-corrected chi connectivity index (χ4v) is 2.70. The summed E-state index contributed by atoms with van der Waals surface area (Å²) in [5, 5.41) is 10.5. The SMILES string of the molecule is CCC(N)c1ccccc1OCC1(O)CCCCC1. The minimum atomic E-state index is -0.651. The zero-order valence-electron chi connectivity index (χ0n) is 11.8. The van der Waals surface area contributed by atoms with Crippen LogP contribution < -0.4 is 10.5 Å². The summed E-state index contributed by atoms with van der Waals surface area (Å²) in [6.45, 7) is 2.44. The van der Waals surface area contributed by atoms with Crippen LogP contribution in [0.2, 0.25) is 0 Å². The molecule has 1 atom stereocenters. The van der Waals surface area contributed by atoms with Crippen molar-refractivity contribution in [2.45, 2.75) is 57.1 Å². The quantitative estimate of drug-likeness (QED) is 0.858. The third kappa shape index (κ3) is 3.71. The van der Waals surface area contributed by atoms with Gasteiger partial charge in [0.2, 0.25) is 0 Å². The Morgan fingerprint density at radius 3 is 2.63 bits per heavy atom. The molecule has 3 heteroatoms. The third-order valence-corrected chi connectivity index (χ3v) is 4.04. The Bertz CT molecular complexity index is 399. The van der Waals surface area contributed by atoms with Gasteiger partial charge < -0.3 is 15.6 Å². The zero-order chi connectivity index (χ0) is 13.7. The van der Waals surface area contributed by atoms with Gasteiger partial charge >= 0.3 is 0 Å². The summed E-state index contributed by atoms with van der Waals surface area (Å²) in [7, 11) is 0. The lowest BCUT2D eigenvalue weighted by Gasteiger charge is -2.32. The molecule has 1 unspecified atom stereocenters.